The molecule has 2 bridgehead atoms. The van der Waals surface area contributed by atoms with Gasteiger partial charge in [-0.1, -0.05) is 37.3 Å². The van der Waals surface area contributed by atoms with Gasteiger partial charge < -0.3 is 0 Å². The van der Waals surface area contributed by atoms with Crippen LogP contribution in [0.2, 0.25) is 25.2 Å². The van der Waals surface area contributed by atoms with E-state index in [1.54, 1.807) is 24.3 Å². The maximum Gasteiger partial charge on any atom is 0.276 e. The molecule has 0 saturated heterocycles. The molecule has 6 heteroatoms. The molecule has 0 aromatic heterocycles. The van der Waals surface area contributed by atoms with E-state index in [4.69, 9.17) is 0 Å². The number of fused-ring (bicyclic) bond motifs is 2. The van der Waals surface area contributed by atoms with Gasteiger partial charge in [0.1, 0.15) is 0 Å². The van der Waals surface area contributed by atoms with E-state index in [0.29, 0.717) is 11.8 Å². The Balaban J connectivity index is 1.77. The summed E-state index contributed by atoms with van der Waals surface area (Å²) < 4.78 is 24.8. The molecule has 0 aliphatic heterocycles. The minimum absolute atomic E-state index is 0.275. The van der Waals surface area contributed by atoms with Gasteiger partial charge in [0.05, 0.1) is 4.90 Å². The van der Waals surface area contributed by atoms with Gasteiger partial charge >= 0.3 is 0 Å². The second-order valence-corrected chi connectivity index (χ2v) is 15.3. The zero-order valence-corrected chi connectivity index (χ0v) is 16.2. The summed E-state index contributed by atoms with van der Waals surface area (Å²) in [6.07, 6.45) is 3.46. The first-order valence-electron chi connectivity index (χ1n) is 8.32. The summed E-state index contributed by atoms with van der Waals surface area (Å²) in [7, 11) is -4.78. The Morgan fingerprint density at radius 2 is 1.78 bits per heavy atom. The normalized spacial score (nSPS) is 29.2. The Morgan fingerprint density at radius 1 is 1.13 bits per heavy atom. The van der Waals surface area contributed by atoms with E-state index in [-0.39, 0.29) is 4.90 Å². The minimum Gasteiger partial charge on any atom is -0.200 e. The molecule has 3 atom stereocenters. The maximum atomic E-state index is 12.4. The van der Waals surface area contributed by atoms with Crippen molar-refractivity contribution in [2.45, 2.75) is 56.3 Å². The van der Waals surface area contributed by atoms with Crippen molar-refractivity contribution < 1.29 is 8.42 Å². The molecule has 1 N–H and O–H groups in total. The van der Waals surface area contributed by atoms with E-state index in [2.05, 4.69) is 29.6 Å². The summed E-state index contributed by atoms with van der Waals surface area (Å²) in [6.45, 7) is 9.17. The highest BCUT2D eigenvalue weighted by atomic mass is 32.2. The Hall–Kier alpha value is -1.14. The number of benzene rings is 1. The zero-order valence-electron chi connectivity index (χ0n) is 14.3. The largest absolute Gasteiger partial charge is 0.276 e. The van der Waals surface area contributed by atoms with Crippen LogP contribution < -0.4 is 4.83 Å². The Morgan fingerprint density at radius 3 is 2.35 bits per heavy atom. The fourth-order valence-electron chi connectivity index (χ4n) is 4.10. The maximum absolute atomic E-state index is 12.4. The van der Waals surface area contributed by atoms with Gasteiger partial charge in [0.2, 0.25) is 0 Å². The van der Waals surface area contributed by atoms with Crippen LogP contribution in [0.3, 0.4) is 0 Å². The number of rotatable bonds is 4. The number of hydrogen-bond acceptors (Lipinski definition) is 3. The molecule has 0 amide bonds. The van der Waals surface area contributed by atoms with Crippen LogP contribution in [0.15, 0.2) is 34.3 Å². The highest BCUT2D eigenvalue weighted by Gasteiger charge is 2.49. The van der Waals surface area contributed by atoms with E-state index >= 15 is 0 Å². The van der Waals surface area contributed by atoms with Crippen LogP contribution in [0.5, 0.6) is 0 Å². The summed E-state index contributed by atoms with van der Waals surface area (Å²) in [6, 6.07) is 6.87. The summed E-state index contributed by atoms with van der Waals surface area (Å²) in [5.41, 5.74) is 2.86. The second kappa shape index (κ2) is 5.74. The minimum atomic E-state index is -3.56. The van der Waals surface area contributed by atoms with Gasteiger partial charge in [0, 0.05) is 13.8 Å². The predicted octanol–water partition coefficient (Wildman–Crippen LogP) is 3.77. The standard InChI is InChI=1S/C17H26N2O2SSi/c1-12-5-7-14(8-6-12)22(20,21)19-18-16-10-13-9-15(16)17(11-13)23(2,3)4/h5-8,13,15,17,19H,9-11H2,1-4H3/b18-16+/t13-,15+,17+/m0/s1. The van der Waals surface area contributed by atoms with Crippen molar-refractivity contribution >= 4 is 23.8 Å². The molecular formula is C17H26N2O2SSi. The van der Waals surface area contributed by atoms with Crippen molar-refractivity contribution in [3.8, 4) is 0 Å². The second-order valence-electron chi connectivity index (χ2n) is 8.13. The van der Waals surface area contributed by atoms with Gasteiger partial charge in [-0.05, 0) is 55.7 Å². The van der Waals surface area contributed by atoms with Crippen molar-refractivity contribution in [1.82, 2.24) is 4.83 Å². The first kappa shape index (κ1) is 16.7. The van der Waals surface area contributed by atoms with Crippen LogP contribution in [0.1, 0.15) is 24.8 Å². The molecule has 1 aromatic carbocycles. The highest BCUT2D eigenvalue weighted by molar-refractivity contribution is 7.89. The molecule has 2 aliphatic carbocycles. The van der Waals surface area contributed by atoms with Gasteiger partial charge in [-0.15, -0.1) is 0 Å². The lowest BCUT2D eigenvalue weighted by Gasteiger charge is -2.33. The Bertz CT molecular complexity index is 720. The van der Waals surface area contributed by atoms with Crippen molar-refractivity contribution in [2.75, 3.05) is 0 Å². The molecule has 0 spiro atoms. The smallest absolute Gasteiger partial charge is 0.200 e. The molecular weight excluding hydrogens is 324 g/mol. The lowest BCUT2D eigenvalue weighted by molar-refractivity contribution is 0.577. The third-order valence-corrected chi connectivity index (χ3v) is 9.43. The van der Waals surface area contributed by atoms with Crippen LogP contribution in [-0.2, 0) is 10.0 Å². The van der Waals surface area contributed by atoms with Crippen LogP contribution >= 0.6 is 0 Å². The molecule has 2 fully saturated rings. The van der Waals surface area contributed by atoms with Gasteiger partial charge in [-0.25, -0.2) is 4.83 Å². The van der Waals surface area contributed by atoms with Gasteiger partial charge in [0.25, 0.3) is 10.0 Å². The average molecular weight is 351 g/mol. The Labute approximate surface area is 140 Å². The number of nitrogens with zero attached hydrogens (tertiary/aromatic N) is 1. The van der Waals surface area contributed by atoms with Gasteiger partial charge in [-0.3, -0.25) is 0 Å². The summed E-state index contributed by atoms with van der Waals surface area (Å²) in [5, 5.41) is 4.34. The zero-order chi connectivity index (χ0) is 16.8. The summed E-state index contributed by atoms with van der Waals surface area (Å²) in [4.78, 5) is 2.74. The molecule has 0 unspecified atom stereocenters. The molecule has 0 radical (unpaired) electrons. The molecule has 2 aliphatic rings. The lowest BCUT2D eigenvalue weighted by atomic mass is 9.98. The van der Waals surface area contributed by atoms with Crippen molar-refractivity contribution in [2.24, 2.45) is 16.9 Å². The molecule has 23 heavy (non-hydrogen) atoms. The van der Waals surface area contributed by atoms with Crippen molar-refractivity contribution in [3.63, 3.8) is 0 Å². The van der Waals surface area contributed by atoms with Crippen LogP contribution in [0.25, 0.3) is 0 Å². The average Bonchev–Trinajstić information content (AvgIpc) is 3.05. The quantitative estimate of drug-likeness (QED) is 0.664. The molecule has 126 valence electrons. The van der Waals surface area contributed by atoms with E-state index in [0.717, 1.165) is 23.2 Å². The third kappa shape index (κ3) is 3.38. The lowest BCUT2D eigenvalue weighted by Crippen LogP contribution is -2.35. The number of hydrazone groups is 1. The van der Waals surface area contributed by atoms with E-state index in [9.17, 15) is 8.42 Å². The highest BCUT2D eigenvalue weighted by Crippen LogP contribution is 2.54. The summed E-state index contributed by atoms with van der Waals surface area (Å²) >= 11 is 0. The van der Waals surface area contributed by atoms with Crippen LogP contribution in [-0.4, -0.2) is 22.2 Å². The van der Waals surface area contributed by atoms with Crippen molar-refractivity contribution in [3.05, 3.63) is 29.8 Å². The monoisotopic (exact) mass is 350 g/mol. The molecule has 3 rings (SSSR count). The molecule has 1 aromatic rings. The van der Waals surface area contributed by atoms with Gasteiger partial charge in [0.15, 0.2) is 0 Å². The molecule has 2 saturated carbocycles. The fraction of sp³-hybridized carbons (Fsp3) is 0.588. The number of aryl methyl sites for hydroxylation is 1. The number of nitrogens with one attached hydrogen (secondary N) is 1. The predicted molar refractivity (Wildman–Crippen MR) is 96.9 cm³/mol. The van der Waals surface area contributed by atoms with Crippen molar-refractivity contribution in [1.29, 1.82) is 0 Å². The van der Waals surface area contributed by atoms with Gasteiger partial charge in [-0.2, -0.15) is 13.5 Å². The Kier molecular flexibility index (Phi) is 4.17. The van der Waals surface area contributed by atoms with E-state index in [1.165, 1.54) is 12.8 Å². The van der Waals surface area contributed by atoms with Crippen LogP contribution in [0, 0.1) is 18.8 Å². The molecule has 4 nitrogen and oxygen atoms in total. The SMILES string of the molecule is Cc1ccc(S(=O)(=O)N/N=C2\C[C@@H]3C[C@H]2[C@H]([Si](C)(C)C)C3)cc1. The number of sulfonamides is 1. The van der Waals surface area contributed by atoms with E-state index < -0.39 is 18.1 Å². The number of hydrogen-bond donors (Lipinski definition) is 1. The third-order valence-electron chi connectivity index (χ3n) is 5.34. The first-order valence-corrected chi connectivity index (χ1v) is 13.4. The first-order chi connectivity index (χ1) is 10.7. The topological polar surface area (TPSA) is 58.5 Å². The molecule has 0 heterocycles. The van der Waals surface area contributed by atoms with E-state index in [1.807, 2.05) is 6.92 Å². The fourth-order valence-corrected chi connectivity index (χ4v) is 7.51. The van der Waals surface area contributed by atoms with Crippen LogP contribution in [0.4, 0.5) is 0 Å². The summed E-state index contributed by atoms with van der Waals surface area (Å²) in [5.74, 6) is 1.20.